The Hall–Kier alpha value is -2.42. The van der Waals surface area contributed by atoms with Crippen molar-refractivity contribution in [1.82, 2.24) is 25.8 Å². The average molecular weight is 375 g/mol. The van der Waals surface area contributed by atoms with Gasteiger partial charge >= 0.3 is 6.03 Å². The Bertz CT molecular complexity index is 752. The third kappa shape index (κ3) is 5.04. The predicted molar refractivity (Wildman–Crippen MR) is 96.3 cm³/mol. The number of thioether (sulfide) groups is 1. The lowest BCUT2D eigenvalue weighted by Crippen LogP contribution is -2.48. The second kappa shape index (κ2) is 8.79. The molecule has 2 atom stereocenters. The van der Waals surface area contributed by atoms with Gasteiger partial charge in [0.2, 0.25) is 11.8 Å². The normalized spacial score (nSPS) is 19.7. The minimum atomic E-state index is -0.448. The minimum absolute atomic E-state index is 0.0162. The summed E-state index contributed by atoms with van der Waals surface area (Å²) in [4.78, 5) is 27.9. The summed E-state index contributed by atoms with van der Waals surface area (Å²) in [6.07, 6.45) is 7.63. The van der Waals surface area contributed by atoms with E-state index in [-0.39, 0.29) is 17.0 Å². The molecule has 0 aliphatic heterocycles. The molecule has 9 heteroatoms. The van der Waals surface area contributed by atoms with Gasteiger partial charge in [-0.15, -0.1) is 10.2 Å². The number of hydrogen-bond acceptors (Lipinski definition) is 7. The highest BCUT2D eigenvalue weighted by Gasteiger charge is 2.23. The van der Waals surface area contributed by atoms with Crippen LogP contribution in [0.4, 0.5) is 4.79 Å². The van der Waals surface area contributed by atoms with Crippen LogP contribution in [0, 0.1) is 5.92 Å². The zero-order valence-corrected chi connectivity index (χ0v) is 15.3. The fourth-order valence-corrected chi connectivity index (χ4v) is 3.46. The number of carbonyl (C=O) groups excluding carboxylic acids is 2. The molecule has 26 heavy (non-hydrogen) atoms. The summed E-state index contributed by atoms with van der Waals surface area (Å²) in [5, 5.41) is 13.3. The van der Waals surface area contributed by atoms with Crippen LogP contribution < -0.4 is 10.6 Å². The van der Waals surface area contributed by atoms with Crippen LogP contribution in [0.15, 0.2) is 34.2 Å². The molecule has 0 saturated heterocycles. The second-order valence-corrected chi connectivity index (χ2v) is 7.22. The van der Waals surface area contributed by atoms with E-state index in [1.54, 1.807) is 24.5 Å². The topological polar surface area (TPSA) is 110 Å². The van der Waals surface area contributed by atoms with Gasteiger partial charge in [0, 0.05) is 18.4 Å². The number of nitrogens with one attached hydrogen (secondary N) is 2. The zero-order valence-electron chi connectivity index (χ0n) is 14.5. The third-order valence-corrected chi connectivity index (χ3v) is 5.14. The van der Waals surface area contributed by atoms with E-state index in [4.69, 9.17) is 4.42 Å². The molecule has 3 rings (SSSR count). The number of imide groups is 1. The lowest BCUT2D eigenvalue weighted by Gasteiger charge is -2.29. The van der Waals surface area contributed by atoms with E-state index < -0.39 is 11.9 Å². The molecule has 1 fully saturated rings. The second-order valence-electron chi connectivity index (χ2n) is 6.29. The first kappa shape index (κ1) is 18.4. The molecule has 3 amide bonds. The fraction of sp³-hybridized carbons (Fsp3) is 0.471. The first-order valence-electron chi connectivity index (χ1n) is 8.59. The molecule has 0 aromatic carbocycles. The van der Waals surface area contributed by atoms with E-state index in [0.29, 0.717) is 17.4 Å². The number of urea groups is 1. The molecular weight excluding hydrogens is 354 g/mol. The summed E-state index contributed by atoms with van der Waals surface area (Å²) in [5.74, 6) is 0.382. The van der Waals surface area contributed by atoms with E-state index >= 15 is 0 Å². The maximum absolute atomic E-state index is 12.0. The molecule has 1 aliphatic carbocycles. The lowest BCUT2D eigenvalue weighted by molar-refractivity contribution is -0.117. The Morgan fingerprint density at radius 2 is 2.15 bits per heavy atom. The summed E-state index contributed by atoms with van der Waals surface area (Å²) >= 11 is 1.08. The number of amides is 3. The van der Waals surface area contributed by atoms with Gasteiger partial charge in [0.25, 0.3) is 5.22 Å². The van der Waals surface area contributed by atoms with E-state index in [0.717, 1.165) is 31.0 Å². The Morgan fingerprint density at radius 3 is 2.92 bits per heavy atom. The van der Waals surface area contributed by atoms with E-state index in [9.17, 15) is 9.59 Å². The van der Waals surface area contributed by atoms with Crippen molar-refractivity contribution in [3.05, 3.63) is 24.5 Å². The van der Waals surface area contributed by atoms with Gasteiger partial charge in [-0.1, -0.05) is 31.5 Å². The van der Waals surface area contributed by atoms with Gasteiger partial charge in [0.1, 0.15) is 0 Å². The lowest BCUT2D eigenvalue weighted by atomic mass is 9.86. The van der Waals surface area contributed by atoms with Gasteiger partial charge < -0.3 is 9.73 Å². The van der Waals surface area contributed by atoms with Crippen LogP contribution in [0.5, 0.6) is 0 Å². The van der Waals surface area contributed by atoms with Crippen LogP contribution in [0.1, 0.15) is 32.6 Å². The smallest absolute Gasteiger partial charge is 0.321 e. The van der Waals surface area contributed by atoms with Gasteiger partial charge in [-0.3, -0.25) is 15.1 Å². The van der Waals surface area contributed by atoms with Crippen LogP contribution in [0.3, 0.4) is 0 Å². The molecule has 1 aliphatic rings. The van der Waals surface area contributed by atoms with Crippen LogP contribution in [-0.4, -0.2) is 38.9 Å². The molecule has 0 unspecified atom stereocenters. The van der Waals surface area contributed by atoms with Crippen molar-refractivity contribution in [2.75, 3.05) is 5.75 Å². The largest absolute Gasteiger partial charge is 0.411 e. The first-order valence-corrected chi connectivity index (χ1v) is 9.57. The monoisotopic (exact) mass is 375 g/mol. The number of hydrogen-bond donors (Lipinski definition) is 2. The van der Waals surface area contributed by atoms with Gasteiger partial charge in [-0.05, 0) is 30.9 Å². The van der Waals surface area contributed by atoms with Crippen LogP contribution in [-0.2, 0) is 4.79 Å². The molecule has 0 bridgehead atoms. The van der Waals surface area contributed by atoms with E-state index in [1.807, 2.05) is 0 Å². The minimum Gasteiger partial charge on any atom is -0.411 e. The molecule has 0 spiro atoms. The quantitative estimate of drug-likeness (QED) is 0.773. The predicted octanol–water partition coefficient (Wildman–Crippen LogP) is 2.63. The summed E-state index contributed by atoms with van der Waals surface area (Å²) < 4.78 is 5.48. The van der Waals surface area contributed by atoms with Gasteiger partial charge in [-0.25, -0.2) is 4.79 Å². The highest BCUT2D eigenvalue weighted by Crippen LogP contribution is 2.24. The Kier molecular flexibility index (Phi) is 6.21. The SMILES string of the molecule is C[C@@H]1CCCC[C@@H]1NC(=O)NC(=O)CSc1nnc(-c2cccnc2)o1. The van der Waals surface area contributed by atoms with Crippen molar-refractivity contribution in [3.63, 3.8) is 0 Å². The fourth-order valence-electron chi connectivity index (χ4n) is 2.90. The third-order valence-electron chi connectivity index (χ3n) is 4.32. The van der Waals surface area contributed by atoms with Crippen LogP contribution in [0.25, 0.3) is 11.5 Å². The molecule has 0 radical (unpaired) electrons. The average Bonchev–Trinajstić information content (AvgIpc) is 3.12. The van der Waals surface area contributed by atoms with E-state index in [1.165, 1.54) is 6.42 Å². The van der Waals surface area contributed by atoms with Crippen LogP contribution in [0.2, 0.25) is 0 Å². The van der Waals surface area contributed by atoms with Gasteiger partial charge in [0.15, 0.2) is 0 Å². The first-order chi connectivity index (χ1) is 12.6. The molecule has 1 saturated carbocycles. The molecule has 8 nitrogen and oxygen atoms in total. The summed E-state index contributed by atoms with van der Waals surface area (Å²) in [6, 6.07) is 3.25. The standard InChI is InChI=1S/C17H21N5O3S/c1-11-5-2-3-7-13(11)19-16(24)20-14(23)10-26-17-22-21-15(25-17)12-6-4-8-18-9-12/h4,6,8-9,11,13H,2-3,5,7,10H2,1H3,(H2,19,20,23,24)/t11-,13+/m1/s1. The number of rotatable bonds is 5. The summed E-state index contributed by atoms with van der Waals surface area (Å²) in [7, 11) is 0. The van der Waals surface area contributed by atoms with Crippen molar-refractivity contribution in [3.8, 4) is 11.5 Å². The Labute approximate surface area is 155 Å². The number of pyridine rings is 1. The Morgan fingerprint density at radius 1 is 1.31 bits per heavy atom. The maximum Gasteiger partial charge on any atom is 0.321 e. The Balaban J connectivity index is 1.44. The number of nitrogens with zero attached hydrogens (tertiary/aromatic N) is 3. The van der Waals surface area contributed by atoms with Crippen molar-refractivity contribution in [2.24, 2.45) is 5.92 Å². The highest BCUT2D eigenvalue weighted by molar-refractivity contribution is 7.99. The molecular formula is C17H21N5O3S. The maximum atomic E-state index is 12.0. The molecule has 2 aromatic heterocycles. The number of aromatic nitrogens is 3. The van der Waals surface area contributed by atoms with Crippen molar-refractivity contribution in [2.45, 2.75) is 43.9 Å². The van der Waals surface area contributed by atoms with Gasteiger partial charge in [-0.2, -0.15) is 0 Å². The summed E-state index contributed by atoms with van der Waals surface area (Å²) in [6.45, 7) is 2.12. The molecule has 2 aromatic rings. The zero-order chi connectivity index (χ0) is 18.4. The molecule has 2 heterocycles. The van der Waals surface area contributed by atoms with Crippen molar-refractivity contribution in [1.29, 1.82) is 0 Å². The van der Waals surface area contributed by atoms with Crippen LogP contribution >= 0.6 is 11.8 Å². The number of carbonyl (C=O) groups is 2. The molecule has 2 N–H and O–H groups in total. The van der Waals surface area contributed by atoms with E-state index in [2.05, 4.69) is 32.7 Å². The van der Waals surface area contributed by atoms with Gasteiger partial charge in [0.05, 0.1) is 11.3 Å². The highest BCUT2D eigenvalue weighted by atomic mass is 32.2. The molecule has 138 valence electrons. The van der Waals surface area contributed by atoms with Crippen molar-refractivity contribution < 1.29 is 14.0 Å². The summed E-state index contributed by atoms with van der Waals surface area (Å²) in [5.41, 5.74) is 0.706. The van der Waals surface area contributed by atoms with Crippen molar-refractivity contribution >= 4 is 23.7 Å².